The van der Waals surface area contributed by atoms with E-state index in [1.807, 2.05) is 24.3 Å². The molecular formula is C22H37N3O4. The minimum Gasteiger partial charge on any atom is -0.446 e. The van der Waals surface area contributed by atoms with Crippen LogP contribution in [0.15, 0.2) is 24.3 Å². The first-order chi connectivity index (χ1) is 13.6. The van der Waals surface area contributed by atoms with Crippen LogP contribution in [0.5, 0.6) is 0 Å². The Morgan fingerprint density at radius 2 is 1.79 bits per heavy atom. The van der Waals surface area contributed by atoms with Crippen molar-refractivity contribution in [2.75, 3.05) is 5.32 Å². The van der Waals surface area contributed by atoms with Crippen LogP contribution < -0.4 is 16.8 Å². The van der Waals surface area contributed by atoms with Crippen LogP contribution in [-0.4, -0.2) is 34.7 Å². The number of carbonyl (C=O) groups is 1. The number of nitrogens with two attached hydrogens (primary N) is 2. The maximum Gasteiger partial charge on any atom is 0.404 e. The molecule has 1 aromatic rings. The van der Waals surface area contributed by atoms with Crippen molar-refractivity contribution in [1.82, 2.24) is 0 Å². The monoisotopic (exact) mass is 407 g/mol. The molecule has 2 rings (SSSR count). The highest BCUT2D eigenvalue weighted by atomic mass is 16.6. The van der Waals surface area contributed by atoms with E-state index in [0.29, 0.717) is 11.8 Å². The van der Waals surface area contributed by atoms with Crippen LogP contribution >= 0.6 is 0 Å². The van der Waals surface area contributed by atoms with Crippen molar-refractivity contribution in [3.05, 3.63) is 29.8 Å². The summed E-state index contributed by atoms with van der Waals surface area (Å²) < 4.78 is 5.44. The molecule has 1 aliphatic carbocycles. The Labute approximate surface area is 173 Å². The van der Waals surface area contributed by atoms with Crippen LogP contribution in [0.1, 0.15) is 58.4 Å². The van der Waals surface area contributed by atoms with Crippen LogP contribution in [0.2, 0.25) is 0 Å². The van der Waals surface area contributed by atoms with Crippen LogP contribution in [0.25, 0.3) is 0 Å². The lowest BCUT2D eigenvalue weighted by Crippen LogP contribution is -2.43. The Morgan fingerprint density at radius 3 is 2.28 bits per heavy atom. The number of anilines is 1. The summed E-state index contributed by atoms with van der Waals surface area (Å²) in [5, 5.41) is 22.5. The fraction of sp³-hybridized carbons (Fsp3) is 0.682. The Hall–Kier alpha value is -1.83. The number of benzene rings is 1. The van der Waals surface area contributed by atoms with E-state index in [1.165, 1.54) is 0 Å². The molecule has 7 N–H and O–H groups in total. The molecule has 1 amide bonds. The zero-order valence-electron chi connectivity index (χ0n) is 17.8. The molecule has 0 spiro atoms. The van der Waals surface area contributed by atoms with Crippen molar-refractivity contribution in [3.8, 4) is 0 Å². The van der Waals surface area contributed by atoms with Gasteiger partial charge in [-0.3, -0.25) is 0 Å². The highest BCUT2D eigenvalue weighted by molar-refractivity contribution is 5.64. The fourth-order valence-electron chi connectivity index (χ4n) is 4.33. The number of aliphatic hydroxyl groups excluding tert-OH is 2. The summed E-state index contributed by atoms with van der Waals surface area (Å²) in [5.41, 5.74) is 13.0. The minimum absolute atomic E-state index is 0.00836. The highest BCUT2D eigenvalue weighted by Gasteiger charge is 2.37. The van der Waals surface area contributed by atoms with Crippen LogP contribution in [0.3, 0.4) is 0 Å². The molecule has 7 heteroatoms. The zero-order valence-corrected chi connectivity index (χ0v) is 17.8. The summed E-state index contributed by atoms with van der Waals surface area (Å²) in [7, 11) is 0. The summed E-state index contributed by atoms with van der Waals surface area (Å²) >= 11 is 0. The van der Waals surface area contributed by atoms with Crippen LogP contribution in [-0.2, 0) is 11.3 Å². The van der Waals surface area contributed by atoms with Gasteiger partial charge in [-0.15, -0.1) is 0 Å². The third-order valence-corrected chi connectivity index (χ3v) is 5.88. The smallest absolute Gasteiger partial charge is 0.404 e. The minimum atomic E-state index is -0.840. The Bertz CT molecular complexity index is 636. The topological polar surface area (TPSA) is 131 Å². The molecule has 0 heterocycles. The van der Waals surface area contributed by atoms with E-state index in [0.717, 1.165) is 43.4 Å². The molecule has 1 saturated carbocycles. The SMILES string of the molecule is CC(C)(C)C(OC(N)=O)C1CCC(CC(N)C(O)Nc2ccc(CO)cc2)CC1. The van der Waals surface area contributed by atoms with Crippen molar-refractivity contribution in [3.63, 3.8) is 0 Å². The van der Waals surface area contributed by atoms with Gasteiger partial charge >= 0.3 is 6.09 Å². The molecule has 29 heavy (non-hydrogen) atoms. The van der Waals surface area contributed by atoms with Gasteiger partial charge in [0, 0.05) is 11.7 Å². The second kappa shape index (κ2) is 10.3. The largest absolute Gasteiger partial charge is 0.446 e. The number of aliphatic hydroxyl groups is 2. The van der Waals surface area contributed by atoms with Gasteiger partial charge in [0.05, 0.1) is 6.61 Å². The number of rotatable bonds is 8. The lowest BCUT2D eigenvalue weighted by molar-refractivity contribution is -0.0204. The van der Waals surface area contributed by atoms with Gasteiger partial charge in [0.2, 0.25) is 0 Å². The maximum atomic E-state index is 11.3. The first kappa shape index (κ1) is 23.4. The van der Waals surface area contributed by atoms with Crippen molar-refractivity contribution < 1.29 is 19.7 Å². The molecule has 7 nitrogen and oxygen atoms in total. The summed E-state index contributed by atoms with van der Waals surface area (Å²) in [5.74, 6) is 0.728. The average molecular weight is 408 g/mol. The molecule has 0 aromatic heterocycles. The first-order valence-corrected chi connectivity index (χ1v) is 10.5. The molecule has 0 radical (unpaired) electrons. The van der Waals surface area contributed by atoms with E-state index in [1.54, 1.807) is 0 Å². The number of hydrogen-bond donors (Lipinski definition) is 5. The van der Waals surface area contributed by atoms with Crippen LogP contribution in [0.4, 0.5) is 10.5 Å². The number of primary amides is 1. The van der Waals surface area contributed by atoms with Gasteiger partial charge in [-0.2, -0.15) is 0 Å². The highest BCUT2D eigenvalue weighted by Crippen LogP contribution is 2.39. The number of nitrogens with one attached hydrogen (secondary N) is 1. The van der Waals surface area contributed by atoms with Gasteiger partial charge in [-0.1, -0.05) is 32.9 Å². The summed E-state index contributed by atoms with van der Waals surface area (Å²) in [4.78, 5) is 11.3. The number of hydrogen-bond acceptors (Lipinski definition) is 6. The van der Waals surface area contributed by atoms with Gasteiger partial charge in [-0.25, -0.2) is 4.79 Å². The van der Waals surface area contributed by atoms with Gasteiger partial charge in [0.1, 0.15) is 12.3 Å². The molecule has 164 valence electrons. The zero-order chi connectivity index (χ0) is 21.6. The molecule has 0 saturated heterocycles. The molecule has 3 atom stereocenters. The predicted octanol–water partition coefficient (Wildman–Crippen LogP) is 2.94. The number of carbonyl (C=O) groups excluding carboxylic acids is 1. The third-order valence-electron chi connectivity index (χ3n) is 5.88. The van der Waals surface area contributed by atoms with E-state index in [9.17, 15) is 9.90 Å². The predicted molar refractivity (Wildman–Crippen MR) is 114 cm³/mol. The van der Waals surface area contributed by atoms with E-state index < -0.39 is 12.3 Å². The standard InChI is InChI=1S/C22H37N3O4/c1-22(2,3)19(29-21(24)28)16-8-4-14(5-9-16)12-18(23)20(27)25-17-10-6-15(13-26)7-11-17/h6-7,10-11,14,16,18-20,25-27H,4-5,8-9,12-13,23H2,1-3H3,(H2,24,28). The van der Waals surface area contributed by atoms with Gasteiger partial charge in [0.15, 0.2) is 0 Å². The molecule has 0 aliphatic heterocycles. The second-order valence-corrected chi connectivity index (χ2v) is 9.35. The van der Waals surface area contributed by atoms with Crippen molar-refractivity contribution in [2.24, 2.45) is 28.7 Å². The van der Waals surface area contributed by atoms with Crippen molar-refractivity contribution in [2.45, 2.75) is 77.9 Å². The van der Waals surface area contributed by atoms with Crippen molar-refractivity contribution >= 4 is 11.8 Å². The van der Waals surface area contributed by atoms with E-state index in [4.69, 9.17) is 21.3 Å². The summed E-state index contributed by atoms with van der Waals surface area (Å²) in [6.07, 6.45) is 2.88. The van der Waals surface area contributed by atoms with Gasteiger partial charge in [0.25, 0.3) is 0 Å². The fourth-order valence-corrected chi connectivity index (χ4v) is 4.33. The van der Waals surface area contributed by atoms with Crippen LogP contribution in [0, 0.1) is 17.3 Å². The normalized spacial score (nSPS) is 23.1. The molecule has 1 aliphatic rings. The van der Waals surface area contributed by atoms with Gasteiger partial charge < -0.3 is 31.7 Å². The number of amides is 1. The Morgan fingerprint density at radius 1 is 1.21 bits per heavy atom. The maximum absolute atomic E-state index is 11.3. The van der Waals surface area contributed by atoms with E-state index >= 15 is 0 Å². The first-order valence-electron chi connectivity index (χ1n) is 10.5. The van der Waals surface area contributed by atoms with Crippen molar-refractivity contribution in [1.29, 1.82) is 0 Å². The Kier molecular flexibility index (Phi) is 8.31. The molecular weight excluding hydrogens is 370 g/mol. The lowest BCUT2D eigenvalue weighted by Gasteiger charge is -2.40. The lowest BCUT2D eigenvalue weighted by atomic mass is 9.71. The number of ether oxygens (including phenoxy) is 1. The molecule has 1 fully saturated rings. The quantitative estimate of drug-likeness (QED) is 0.421. The van der Waals surface area contributed by atoms with E-state index in [-0.39, 0.29) is 24.2 Å². The molecule has 0 bridgehead atoms. The Balaban J connectivity index is 1.83. The summed E-state index contributed by atoms with van der Waals surface area (Å²) in [6.45, 7) is 6.19. The van der Waals surface area contributed by atoms with E-state index in [2.05, 4.69) is 26.1 Å². The molecule has 1 aromatic carbocycles. The molecule has 3 unspecified atom stereocenters. The third kappa shape index (κ3) is 7.17. The summed E-state index contributed by atoms with van der Waals surface area (Å²) in [6, 6.07) is 6.87. The van der Waals surface area contributed by atoms with Gasteiger partial charge in [-0.05, 0) is 67.1 Å². The second-order valence-electron chi connectivity index (χ2n) is 9.35. The average Bonchev–Trinajstić information content (AvgIpc) is 2.66.